The highest BCUT2D eigenvalue weighted by molar-refractivity contribution is 7.99. The van der Waals surface area contributed by atoms with E-state index in [-0.39, 0.29) is 23.3 Å². The Labute approximate surface area is 131 Å². The van der Waals surface area contributed by atoms with Crippen molar-refractivity contribution in [2.24, 2.45) is 0 Å². The number of carboxylic acids is 1. The van der Waals surface area contributed by atoms with Crippen molar-refractivity contribution >= 4 is 29.3 Å². The number of anilines is 1. The lowest BCUT2D eigenvalue weighted by Gasteiger charge is -2.09. The fourth-order valence-electron chi connectivity index (χ4n) is 1.71. The Balaban J connectivity index is 1.90. The van der Waals surface area contributed by atoms with Gasteiger partial charge in [0, 0.05) is 11.7 Å². The van der Waals surface area contributed by atoms with Crippen molar-refractivity contribution in [1.29, 1.82) is 0 Å². The van der Waals surface area contributed by atoms with E-state index in [0.717, 1.165) is 0 Å². The van der Waals surface area contributed by atoms with E-state index < -0.39 is 5.97 Å². The minimum Gasteiger partial charge on any atom is -0.478 e. The second-order valence-corrected chi connectivity index (χ2v) is 5.78. The minimum atomic E-state index is -0.999. The third kappa shape index (κ3) is 4.08. The summed E-state index contributed by atoms with van der Waals surface area (Å²) < 4.78 is 1.89. The molecule has 1 aromatic carbocycles. The van der Waals surface area contributed by atoms with Gasteiger partial charge in [-0.2, -0.15) is 0 Å². The molecule has 2 rings (SSSR count). The molecule has 22 heavy (non-hydrogen) atoms. The van der Waals surface area contributed by atoms with E-state index in [9.17, 15) is 9.59 Å². The predicted molar refractivity (Wildman–Crippen MR) is 83.2 cm³/mol. The van der Waals surface area contributed by atoms with Crippen molar-refractivity contribution < 1.29 is 14.7 Å². The summed E-state index contributed by atoms with van der Waals surface area (Å²) in [5, 5.41) is 20.0. The number of rotatable bonds is 6. The Morgan fingerprint density at radius 2 is 2.00 bits per heavy atom. The van der Waals surface area contributed by atoms with Gasteiger partial charge in [-0.15, -0.1) is 10.2 Å². The van der Waals surface area contributed by atoms with Crippen molar-refractivity contribution in [3.8, 4) is 0 Å². The maximum atomic E-state index is 11.9. The number of aromatic nitrogens is 3. The standard InChI is InChI=1S/C14H16N4O3S/c1-9(2)18-8-15-17-14(18)22-7-12(19)16-11-5-3-10(4-6-11)13(20)21/h3-6,8-9H,7H2,1-2H3,(H,16,19)(H,20,21). The van der Waals surface area contributed by atoms with Gasteiger partial charge in [-0.25, -0.2) is 4.79 Å². The summed E-state index contributed by atoms with van der Waals surface area (Å²) in [4.78, 5) is 22.7. The number of hydrogen-bond donors (Lipinski definition) is 2. The quantitative estimate of drug-likeness (QED) is 0.793. The number of benzene rings is 1. The molecule has 0 saturated carbocycles. The van der Waals surface area contributed by atoms with E-state index in [1.54, 1.807) is 18.5 Å². The van der Waals surface area contributed by atoms with Crippen LogP contribution in [0.3, 0.4) is 0 Å². The Hall–Kier alpha value is -2.35. The summed E-state index contributed by atoms with van der Waals surface area (Å²) in [6, 6.07) is 6.23. The molecule has 0 radical (unpaired) electrons. The highest BCUT2D eigenvalue weighted by Crippen LogP contribution is 2.19. The number of nitrogens with zero attached hydrogens (tertiary/aromatic N) is 3. The van der Waals surface area contributed by atoms with Crippen LogP contribution in [0.4, 0.5) is 5.69 Å². The van der Waals surface area contributed by atoms with E-state index in [0.29, 0.717) is 10.8 Å². The normalized spacial score (nSPS) is 10.7. The van der Waals surface area contributed by atoms with Crippen LogP contribution in [0.5, 0.6) is 0 Å². The van der Waals surface area contributed by atoms with Crippen LogP contribution in [-0.2, 0) is 4.79 Å². The SMILES string of the molecule is CC(C)n1cnnc1SCC(=O)Nc1ccc(C(=O)O)cc1. The fraction of sp³-hybridized carbons (Fsp3) is 0.286. The fourth-order valence-corrected chi connectivity index (χ4v) is 2.56. The van der Waals surface area contributed by atoms with E-state index in [4.69, 9.17) is 5.11 Å². The number of carboxylic acid groups (broad SMARTS) is 1. The number of carbonyl (C=O) groups excluding carboxylic acids is 1. The molecule has 116 valence electrons. The summed E-state index contributed by atoms with van der Waals surface area (Å²) in [5.41, 5.74) is 0.735. The molecule has 0 spiro atoms. The van der Waals surface area contributed by atoms with Crippen molar-refractivity contribution in [1.82, 2.24) is 14.8 Å². The molecule has 0 unspecified atom stereocenters. The topological polar surface area (TPSA) is 97.1 Å². The highest BCUT2D eigenvalue weighted by Gasteiger charge is 2.11. The van der Waals surface area contributed by atoms with Gasteiger partial charge in [0.2, 0.25) is 5.91 Å². The molecule has 1 heterocycles. The first-order valence-corrected chi connectivity index (χ1v) is 7.61. The first kappa shape index (κ1) is 16.0. The second-order valence-electron chi connectivity index (χ2n) is 4.83. The molecule has 0 aliphatic heterocycles. The van der Waals surface area contributed by atoms with Crippen LogP contribution in [0.15, 0.2) is 35.7 Å². The van der Waals surface area contributed by atoms with Gasteiger partial charge in [-0.05, 0) is 38.1 Å². The van der Waals surface area contributed by atoms with Gasteiger partial charge in [-0.3, -0.25) is 4.79 Å². The lowest BCUT2D eigenvalue weighted by Crippen LogP contribution is -2.15. The molecule has 7 nitrogen and oxygen atoms in total. The number of amides is 1. The van der Waals surface area contributed by atoms with Crippen LogP contribution < -0.4 is 5.32 Å². The van der Waals surface area contributed by atoms with Gasteiger partial charge in [0.05, 0.1) is 11.3 Å². The monoisotopic (exact) mass is 320 g/mol. The molecule has 0 aliphatic rings. The highest BCUT2D eigenvalue weighted by atomic mass is 32.2. The van der Waals surface area contributed by atoms with Crippen LogP contribution in [0.25, 0.3) is 0 Å². The Bertz CT molecular complexity index is 667. The summed E-state index contributed by atoms with van der Waals surface area (Å²) in [6.07, 6.45) is 1.63. The molecule has 2 aromatic rings. The number of carbonyl (C=O) groups is 2. The zero-order chi connectivity index (χ0) is 16.1. The van der Waals surface area contributed by atoms with Crippen LogP contribution in [-0.4, -0.2) is 37.5 Å². The Morgan fingerprint density at radius 3 is 2.59 bits per heavy atom. The number of nitrogens with one attached hydrogen (secondary N) is 1. The van der Waals surface area contributed by atoms with Crippen LogP contribution in [0.2, 0.25) is 0 Å². The van der Waals surface area contributed by atoms with E-state index in [2.05, 4.69) is 15.5 Å². The molecule has 0 bridgehead atoms. The average molecular weight is 320 g/mol. The van der Waals surface area contributed by atoms with Crippen LogP contribution >= 0.6 is 11.8 Å². The van der Waals surface area contributed by atoms with Crippen LogP contribution in [0, 0.1) is 0 Å². The maximum absolute atomic E-state index is 11.9. The van der Waals surface area contributed by atoms with Crippen molar-refractivity contribution in [2.45, 2.75) is 25.0 Å². The van der Waals surface area contributed by atoms with Crippen molar-refractivity contribution in [3.63, 3.8) is 0 Å². The molecule has 1 aromatic heterocycles. The second kappa shape index (κ2) is 7.08. The molecule has 0 aliphatic carbocycles. The number of thioether (sulfide) groups is 1. The van der Waals surface area contributed by atoms with Gasteiger partial charge in [0.25, 0.3) is 0 Å². The molecule has 2 N–H and O–H groups in total. The van der Waals surface area contributed by atoms with Crippen LogP contribution in [0.1, 0.15) is 30.2 Å². The van der Waals surface area contributed by atoms with E-state index in [1.165, 1.54) is 23.9 Å². The minimum absolute atomic E-state index is 0.178. The van der Waals surface area contributed by atoms with Gasteiger partial charge in [-0.1, -0.05) is 11.8 Å². The van der Waals surface area contributed by atoms with E-state index >= 15 is 0 Å². The van der Waals surface area contributed by atoms with Gasteiger partial charge in [0.15, 0.2) is 5.16 Å². The summed E-state index contributed by atoms with van der Waals surface area (Å²) in [7, 11) is 0. The van der Waals surface area contributed by atoms with E-state index in [1.807, 2.05) is 18.4 Å². The van der Waals surface area contributed by atoms with Crippen molar-refractivity contribution in [2.75, 3.05) is 11.1 Å². The summed E-state index contributed by atoms with van der Waals surface area (Å²) in [5.74, 6) is -0.987. The predicted octanol–water partition coefficient (Wildman–Crippen LogP) is 2.29. The molecular formula is C14H16N4O3S. The van der Waals surface area contributed by atoms with Gasteiger partial charge < -0.3 is 15.0 Å². The average Bonchev–Trinajstić information content (AvgIpc) is 2.94. The summed E-state index contributed by atoms with van der Waals surface area (Å²) in [6.45, 7) is 4.02. The smallest absolute Gasteiger partial charge is 0.335 e. The molecule has 0 atom stereocenters. The first-order valence-electron chi connectivity index (χ1n) is 6.63. The van der Waals surface area contributed by atoms with Crippen molar-refractivity contribution in [3.05, 3.63) is 36.2 Å². The number of aromatic carboxylic acids is 1. The molecule has 0 fully saturated rings. The van der Waals surface area contributed by atoms with Gasteiger partial charge >= 0.3 is 5.97 Å². The lowest BCUT2D eigenvalue weighted by atomic mass is 10.2. The van der Waals surface area contributed by atoms with Gasteiger partial charge in [0.1, 0.15) is 6.33 Å². The maximum Gasteiger partial charge on any atom is 0.335 e. The molecule has 8 heteroatoms. The lowest BCUT2D eigenvalue weighted by molar-refractivity contribution is -0.113. The molecule has 1 amide bonds. The third-order valence-corrected chi connectivity index (χ3v) is 3.80. The molecular weight excluding hydrogens is 304 g/mol. The molecule has 0 saturated heterocycles. The largest absolute Gasteiger partial charge is 0.478 e. The first-order chi connectivity index (χ1) is 10.5. The number of hydrogen-bond acceptors (Lipinski definition) is 5. The summed E-state index contributed by atoms with van der Waals surface area (Å²) >= 11 is 1.30. The zero-order valence-corrected chi connectivity index (χ0v) is 13.0. The Kier molecular flexibility index (Phi) is 5.16. The zero-order valence-electron chi connectivity index (χ0n) is 12.2. The Morgan fingerprint density at radius 1 is 1.32 bits per heavy atom. The third-order valence-electron chi connectivity index (χ3n) is 2.84.